The highest BCUT2D eigenvalue weighted by molar-refractivity contribution is 5.78. The lowest BCUT2D eigenvalue weighted by atomic mass is 9.94. The summed E-state index contributed by atoms with van der Waals surface area (Å²) in [6, 6.07) is 0.173. The minimum Gasteiger partial charge on any atom is -0.481 e. The highest BCUT2D eigenvalue weighted by Gasteiger charge is 2.22. The van der Waals surface area contributed by atoms with E-state index in [0.29, 0.717) is 6.54 Å². The predicted molar refractivity (Wildman–Crippen MR) is 64.7 cm³/mol. The molecule has 0 aromatic rings. The Bertz CT molecular complexity index is 271. The lowest BCUT2D eigenvalue weighted by molar-refractivity contribution is -0.138. The van der Waals surface area contributed by atoms with E-state index in [1.807, 2.05) is 13.8 Å². The summed E-state index contributed by atoms with van der Waals surface area (Å²) in [6.07, 6.45) is 2.01. The Labute approximate surface area is 102 Å². The van der Waals surface area contributed by atoms with Gasteiger partial charge >= 0.3 is 5.97 Å². The molecule has 0 unspecified atom stereocenters. The van der Waals surface area contributed by atoms with Gasteiger partial charge < -0.3 is 10.4 Å². The second kappa shape index (κ2) is 6.59. The lowest BCUT2D eigenvalue weighted by Crippen LogP contribution is -2.43. The average Bonchev–Trinajstić information content (AvgIpc) is 2.18. The summed E-state index contributed by atoms with van der Waals surface area (Å²) < 4.78 is 0. The van der Waals surface area contributed by atoms with Gasteiger partial charge in [0.1, 0.15) is 0 Å². The molecule has 0 radical (unpaired) electrons. The van der Waals surface area contributed by atoms with Gasteiger partial charge in [0.15, 0.2) is 0 Å². The van der Waals surface area contributed by atoms with Crippen molar-refractivity contribution < 1.29 is 14.7 Å². The standard InChI is InChI=1S/C12H22N2O3/c1-9(2)13-11(15)8-14-5-3-10(4-6-14)7-12(16)17/h9-10H,3-8H2,1-2H3,(H,13,15)(H,16,17). The first kappa shape index (κ1) is 14.0. The smallest absolute Gasteiger partial charge is 0.303 e. The molecule has 17 heavy (non-hydrogen) atoms. The fourth-order valence-corrected chi connectivity index (χ4v) is 2.17. The van der Waals surface area contributed by atoms with Crippen LogP contribution in [0.25, 0.3) is 0 Å². The van der Waals surface area contributed by atoms with E-state index < -0.39 is 5.97 Å². The number of rotatable bonds is 5. The van der Waals surface area contributed by atoms with Crippen LogP contribution in [0.1, 0.15) is 33.1 Å². The Morgan fingerprint density at radius 1 is 1.35 bits per heavy atom. The van der Waals surface area contributed by atoms with E-state index in [-0.39, 0.29) is 24.3 Å². The van der Waals surface area contributed by atoms with Crippen LogP contribution in [0.3, 0.4) is 0 Å². The van der Waals surface area contributed by atoms with Gasteiger partial charge in [0.05, 0.1) is 6.54 Å². The van der Waals surface area contributed by atoms with Crippen molar-refractivity contribution in [2.75, 3.05) is 19.6 Å². The molecule has 0 saturated carbocycles. The molecule has 5 heteroatoms. The van der Waals surface area contributed by atoms with Gasteiger partial charge in [0, 0.05) is 12.5 Å². The van der Waals surface area contributed by atoms with Gasteiger partial charge in [0.25, 0.3) is 0 Å². The van der Waals surface area contributed by atoms with E-state index in [1.165, 1.54) is 0 Å². The van der Waals surface area contributed by atoms with E-state index in [9.17, 15) is 9.59 Å². The number of hydrogen-bond donors (Lipinski definition) is 2. The Morgan fingerprint density at radius 3 is 2.41 bits per heavy atom. The molecule has 1 rings (SSSR count). The second-order valence-electron chi connectivity index (χ2n) is 5.04. The Balaban J connectivity index is 2.23. The summed E-state index contributed by atoms with van der Waals surface area (Å²) in [5.41, 5.74) is 0. The summed E-state index contributed by atoms with van der Waals surface area (Å²) in [4.78, 5) is 24.2. The number of carbonyl (C=O) groups is 2. The van der Waals surface area contributed by atoms with Crippen molar-refractivity contribution in [1.29, 1.82) is 0 Å². The van der Waals surface area contributed by atoms with Crippen molar-refractivity contribution in [3.8, 4) is 0 Å². The Morgan fingerprint density at radius 2 is 1.94 bits per heavy atom. The number of carboxylic acid groups (broad SMARTS) is 1. The van der Waals surface area contributed by atoms with Gasteiger partial charge in [-0.25, -0.2) is 0 Å². The van der Waals surface area contributed by atoms with Crippen LogP contribution in [0.2, 0.25) is 0 Å². The highest BCUT2D eigenvalue weighted by Crippen LogP contribution is 2.19. The van der Waals surface area contributed by atoms with Gasteiger partial charge in [-0.2, -0.15) is 0 Å². The highest BCUT2D eigenvalue weighted by atomic mass is 16.4. The van der Waals surface area contributed by atoms with Crippen LogP contribution < -0.4 is 5.32 Å². The maximum Gasteiger partial charge on any atom is 0.303 e. The molecule has 0 aliphatic carbocycles. The Hall–Kier alpha value is -1.10. The summed E-state index contributed by atoms with van der Waals surface area (Å²) in [5.74, 6) is -0.394. The van der Waals surface area contributed by atoms with Crippen LogP contribution in [0.15, 0.2) is 0 Å². The zero-order chi connectivity index (χ0) is 12.8. The van der Waals surface area contributed by atoms with Gasteiger partial charge in [-0.3, -0.25) is 14.5 Å². The third-order valence-corrected chi connectivity index (χ3v) is 2.99. The zero-order valence-corrected chi connectivity index (χ0v) is 10.6. The van der Waals surface area contributed by atoms with Crippen molar-refractivity contribution in [1.82, 2.24) is 10.2 Å². The molecule has 98 valence electrons. The maximum absolute atomic E-state index is 11.5. The van der Waals surface area contributed by atoms with Gasteiger partial charge in [-0.15, -0.1) is 0 Å². The number of nitrogens with one attached hydrogen (secondary N) is 1. The molecule has 0 aromatic heterocycles. The molecule has 5 nitrogen and oxygen atoms in total. The second-order valence-corrected chi connectivity index (χ2v) is 5.04. The predicted octanol–water partition coefficient (Wildman–Crippen LogP) is 0.698. The number of hydrogen-bond acceptors (Lipinski definition) is 3. The molecule has 1 amide bonds. The quantitative estimate of drug-likeness (QED) is 0.744. The third kappa shape index (κ3) is 5.68. The minimum absolute atomic E-state index is 0.0525. The van der Waals surface area contributed by atoms with Gasteiger partial charge in [0.2, 0.25) is 5.91 Å². The molecule has 0 aromatic carbocycles. The van der Waals surface area contributed by atoms with E-state index in [2.05, 4.69) is 10.2 Å². The summed E-state index contributed by atoms with van der Waals surface area (Å²) in [5, 5.41) is 11.6. The van der Waals surface area contributed by atoms with E-state index in [1.54, 1.807) is 0 Å². The number of piperidine rings is 1. The van der Waals surface area contributed by atoms with E-state index in [0.717, 1.165) is 25.9 Å². The lowest BCUT2D eigenvalue weighted by Gasteiger charge is -2.30. The number of amides is 1. The molecule has 0 bridgehead atoms. The van der Waals surface area contributed by atoms with Gasteiger partial charge in [-0.05, 0) is 45.7 Å². The van der Waals surface area contributed by atoms with Crippen LogP contribution in [-0.4, -0.2) is 47.6 Å². The van der Waals surface area contributed by atoms with Crippen LogP contribution in [0, 0.1) is 5.92 Å². The molecule has 1 aliphatic heterocycles. The number of carboxylic acids is 1. The fourth-order valence-electron chi connectivity index (χ4n) is 2.17. The number of carbonyl (C=O) groups excluding carboxylic acids is 1. The zero-order valence-electron chi connectivity index (χ0n) is 10.6. The summed E-state index contributed by atoms with van der Waals surface area (Å²) in [6.45, 7) is 5.96. The number of aliphatic carboxylic acids is 1. The van der Waals surface area contributed by atoms with Crippen LogP contribution in [-0.2, 0) is 9.59 Å². The molecule has 1 aliphatic rings. The van der Waals surface area contributed by atoms with Crippen molar-refractivity contribution in [2.24, 2.45) is 5.92 Å². The van der Waals surface area contributed by atoms with E-state index >= 15 is 0 Å². The molecule has 0 atom stereocenters. The Kier molecular flexibility index (Phi) is 5.41. The average molecular weight is 242 g/mol. The third-order valence-electron chi connectivity index (χ3n) is 2.99. The minimum atomic E-state index is -0.721. The molecule has 1 fully saturated rings. The SMILES string of the molecule is CC(C)NC(=O)CN1CCC(CC(=O)O)CC1. The molecule has 1 saturated heterocycles. The van der Waals surface area contributed by atoms with Crippen molar-refractivity contribution in [3.63, 3.8) is 0 Å². The largest absolute Gasteiger partial charge is 0.481 e. The topological polar surface area (TPSA) is 69.6 Å². The van der Waals surface area contributed by atoms with Gasteiger partial charge in [-0.1, -0.05) is 0 Å². The van der Waals surface area contributed by atoms with E-state index in [4.69, 9.17) is 5.11 Å². The summed E-state index contributed by atoms with van der Waals surface area (Å²) in [7, 11) is 0. The van der Waals surface area contributed by atoms with Crippen molar-refractivity contribution in [2.45, 2.75) is 39.2 Å². The van der Waals surface area contributed by atoms with Crippen LogP contribution in [0.4, 0.5) is 0 Å². The molecule has 0 spiro atoms. The van der Waals surface area contributed by atoms with Crippen LogP contribution >= 0.6 is 0 Å². The maximum atomic E-state index is 11.5. The first-order valence-corrected chi connectivity index (χ1v) is 6.21. The first-order valence-electron chi connectivity index (χ1n) is 6.21. The monoisotopic (exact) mass is 242 g/mol. The molecule has 1 heterocycles. The number of nitrogens with zero attached hydrogens (tertiary/aromatic N) is 1. The molecule has 2 N–H and O–H groups in total. The first-order chi connectivity index (χ1) is 7.97. The fraction of sp³-hybridized carbons (Fsp3) is 0.833. The summed E-state index contributed by atoms with van der Waals surface area (Å²) >= 11 is 0. The van der Waals surface area contributed by atoms with Crippen molar-refractivity contribution in [3.05, 3.63) is 0 Å². The molecular formula is C12H22N2O3. The van der Waals surface area contributed by atoms with Crippen LogP contribution in [0.5, 0.6) is 0 Å². The number of likely N-dealkylation sites (tertiary alicyclic amines) is 1. The normalized spacial score (nSPS) is 18.3. The van der Waals surface area contributed by atoms with Crippen molar-refractivity contribution >= 4 is 11.9 Å². The molecular weight excluding hydrogens is 220 g/mol.